The molecule has 1 saturated heterocycles. The molecule has 1 N–H and O–H groups in total. The maximum absolute atomic E-state index is 12.9. The van der Waals surface area contributed by atoms with Crippen LogP contribution < -0.4 is 4.90 Å². The fraction of sp³-hybridized carbons (Fsp3) is 0.174. The zero-order chi connectivity index (χ0) is 19.6. The van der Waals surface area contributed by atoms with Crippen molar-refractivity contribution in [1.29, 1.82) is 0 Å². The molecule has 0 amide bonds. The molecule has 0 unspecified atom stereocenters. The molecule has 0 atom stereocenters. The second-order valence-corrected chi connectivity index (χ2v) is 7.01. The van der Waals surface area contributed by atoms with Crippen molar-refractivity contribution in [3.8, 4) is 11.1 Å². The zero-order valence-electron chi connectivity index (χ0n) is 15.8. The number of pyridine rings is 2. The predicted octanol–water partition coefficient (Wildman–Crippen LogP) is 3.69. The van der Waals surface area contributed by atoms with Gasteiger partial charge < -0.3 is 14.6 Å². The molecule has 5 rings (SSSR count). The molecule has 4 aromatic rings. The molecule has 1 fully saturated rings. The third-order valence-electron chi connectivity index (χ3n) is 5.25. The van der Waals surface area contributed by atoms with E-state index in [0.717, 1.165) is 42.8 Å². The quantitative estimate of drug-likeness (QED) is 0.544. The van der Waals surface area contributed by atoms with Gasteiger partial charge in [0.25, 0.3) is 0 Å². The van der Waals surface area contributed by atoms with Crippen LogP contribution in [0.3, 0.4) is 0 Å². The first-order valence-corrected chi connectivity index (χ1v) is 9.65. The second kappa shape index (κ2) is 7.48. The Kier molecular flexibility index (Phi) is 4.54. The molecule has 6 nitrogen and oxygen atoms in total. The average molecular weight is 384 g/mol. The molecule has 6 heteroatoms. The third-order valence-corrected chi connectivity index (χ3v) is 5.25. The van der Waals surface area contributed by atoms with Crippen LogP contribution in [0.5, 0.6) is 0 Å². The molecular weight excluding hydrogens is 364 g/mol. The summed E-state index contributed by atoms with van der Waals surface area (Å²) in [5, 5.41) is 0.801. The Morgan fingerprint density at radius 1 is 1.00 bits per heavy atom. The Balaban J connectivity index is 1.47. The van der Waals surface area contributed by atoms with Crippen molar-refractivity contribution < 1.29 is 9.53 Å². The van der Waals surface area contributed by atoms with Crippen LogP contribution in [0, 0.1) is 0 Å². The number of anilines is 1. The number of rotatable bonds is 4. The van der Waals surface area contributed by atoms with Gasteiger partial charge in [-0.1, -0.05) is 18.2 Å². The summed E-state index contributed by atoms with van der Waals surface area (Å²) in [6.07, 6.45) is 5.17. The number of aromatic amines is 1. The van der Waals surface area contributed by atoms with Crippen molar-refractivity contribution in [1.82, 2.24) is 15.0 Å². The molecule has 0 saturated carbocycles. The molecule has 1 aliphatic heterocycles. The second-order valence-electron chi connectivity index (χ2n) is 7.01. The van der Waals surface area contributed by atoms with Gasteiger partial charge in [-0.05, 0) is 35.9 Å². The minimum Gasteiger partial charge on any atom is -0.378 e. The van der Waals surface area contributed by atoms with Crippen LogP contribution in [0.1, 0.15) is 16.1 Å². The number of carbonyl (C=O) groups is 1. The molecule has 1 aliphatic rings. The third kappa shape index (κ3) is 3.39. The number of hydrogen-bond donors (Lipinski definition) is 1. The monoisotopic (exact) mass is 384 g/mol. The molecule has 0 radical (unpaired) electrons. The summed E-state index contributed by atoms with van der Waals surface area (Å²) < 4.78 is 5.43. The lowest BCUT2D eigenvalue weighted by molar-refractivity contribution is 0.103. The molecular formula is C23H20N4O2. The van der Waals surface area contributed by atoms with Gasteiger partial charge in [0.15, 0.2) is 0 Å². The fourth-order valence-corrected chi connectivity index (χ4v) is 3.67. The van der Waals surface area contributed by atoms with Gasteiger partial charge in [-0.3, -0.25) is 9.78 Å². The van der Waals surface area contributed by atoms with Gasteiger partial charge in [-0.15, -0.1) is 0 Å². The minimum atomic E-state index is -0.113. The minimum absolute atomic E-state index is 0.113. The van der Waals surface area contributed by atoms with Crippen molar-refractivity contribution >= 4 is 22.5 Å². The highest BCUT2D eigenvalue weighted by Gasteiger charge is 2.17. The standard InChI is InChI=1S/C23H20N4O2/c28-22(21-3-1-2-8-24-21)20-15-26-23-19(20)13-17(14-25-23)16-4-6-18(7-5-16)27-9-11-29-12-10-27/h1-8,13-15H,9-12H2,(H,25,26). The number of H-pyrrole nitrogens is 1. The molecule has 1 aromatic carbocycles. The Bertz CT molecular complexity index is 1150. The van der Waals surface area contributed by atoms with Crippen molar-refractivity contribution in [2.24, 2.45) is 0 Å². The highest BCUT2D eigenvalue weighted by atomic mass is 16.5. The van der Waals surface area contributed by atoms with Crippen LogP contribution in [0.4, 0.5) is 5.69 Å². The van der Waals surface area contributed by atoms with E-state index in [1.165, 1.54) is 5.69 Å². The first-order valence-electron chi connectivity index (χ1n) is 9.65. The summed E-state index contributed by atoms with van der Waals surface area (Å²) in [6, 6.07) is 15.8. The average Bonchev–Trinajstić information content (AvgIpc) is 3.23. The number of fused-ring (bicyclic) bond motifs is 1. The van der Waals surface area contributed by atoms with Crippen molar-refractivity contribution in [3.63, 3.8) is 0 Å². The molecule has 4 heterocycles. The fourth-order valence-electron chi connectivity index (χ4n) is 3.67. The first kappa shape index (κ1) is 17.6. The summed E-state index contributed by atoms with van der Waals surface area (Å²) in [5.41, 5.74) is 4.93. The highest BCUT2D eigenvalue weighted by Crippen LogP contribution is 2.27. The van der Waals surface area contributed by atoms with Gasteiger partial charge in [-0.2, -0.15) is 0 Å². The van der Waals surface area contributed by atoms with Crippen LogP contribution in [0.25, 0.3) is 22.2 Å². The van der Waals surface area contributed by atoms with Crippen LogP contribution >= 0.6 is 0 Å². The molecule has 0 aliphatic carbocycles. The Morgan fingerprint density at radius 3 is 2.59 bits per heavy atom. The van der Waals surface area contributed by atoms with Crippen LogP contribution in [0.2, 0.25) is 0 Å². The van der Waals surface area contributed by atoms with E-state index in [2.05, 4.69) is 44.1 Å². The zero-order valence-corrected chi connectivity index (χ0v) is 15.8. The van der Waals surface area contributed by atoms with E-state index in [-0.39, 0.29) is 5.78 Å². The van der Waals surface area contributed by atoms with Gasteiger partial charge in [0, 0.05) is 48.3 Å². The SMILES string of the molecule is O=C(c1ccccn1)c1c[nH]c2ncc(-c3ccc(N4CCOCC4)cc3)cc12. The summed E-state index contributed by atoms with van der Waals surface area (Å²) in [5.74, 6) is -0.113. The van der Waals surface area contributed by atoms with Gasteiger partial charge in [0.1, 0.15) is 11.3 Å². The lowest BCUT2D eigenvalue weighted by Crippen LogP contribution is -2.36. The summed E-state index contributed by atoms with van der Waals surface area (Å²) in [4.78, 5) is 27.0. The first-order chi connectivity index (χ1) is 14.3. The number of hydrogen-bond acceptors (Lipinski definition) is 5. The van der Waals surface area contributed by atoms with Crippen molar-refractivity contribution in [2.45, 2.75) is 0 Å². The van der Waals surface area contributed by atoms with Gasteiger partial charge in [0.2, 0.25) is 5.78 Å². The smallest absolute Gasteiger partial charge is 0.213 e. The van der Waals surface area contributed by atoms with Crippen LogP contribution in [0.15, 0.2) is 67.1 Å². The summed E-state index contributed by atoms with van der Waals surface area (Å²) in [6.45, 7) is 3.36. The Morgan fingerprint density at radius 2 is 1.83 bits per heavy atom. The maximum atomic E-state index is 12.9. The van der Waals surface area contributed by atoms with E-state index < -0.39 is 0 Å². The lowest BCUT2D eigenvalue weighted by atomic mass is 10.0. The number of nitrogens with zero attached hydrogens (tertiary/aromatic N) is 3. The van der Waals surface area contributed by atoms with Crippen molar-refractivity contribution in [2.75, 3.05) is 31.2 Å². The highest BCUT2D eigenvalue weighted by molar-refractivity contribution is 6.15. The lowest BCUT2D eigenvalue weighted by Gasteiger charge is -2.28. The number of nitrogens with one attached hydrogen (secondary N) is 1. The van der Waals surface area contributed by atoms with E-state index in [1.807, 2.05) is 18.3 Å². The predicted molar refractivity (Wildman–Crippen MR) is 112 cm³/mol. The van der Waals surface area contributed by atoms with E-state index in [4.69, 9.17) is 4.74 Å². The molecule has 3 aromatic heterocycles. The molecule has 0 bridgehead atoms. The van der Waals surface area contributed by atoms with Crippen molar-refractivity contribution in [3.05, 3.63) is 78.4 Å². The Hall–Kier alpha value is -3.51. The van der Waals surface area contributed by atoms with E-state index in [1.54, 1.807) is 24.5 Å². The maximum Gasteiger partial charge on any atom is 0.213 e. The number of ketones is 1. The van der Waals surface area contributed by atoms with E-state index in [0.29, 0.717) is 16.9 Å². The molecule has 144 valence electrons. The van der Waals surface area contributed by atoms with E-state index >= 15 is 0 Å². The Labute approximate surface area is 168 Å². The number of ether oxygens (including phenoxy) is 1. The summed E-state index contributed by atoms with van der Waals surface area (Å²) in [7, 11) is 0. The largest absolute Gasteiger partial charge is 0.378 e. The van der Waals surface area contributed by atoms with Crippen LogP contribution in [-0.4, -0.2) is 47.0 Å². The normalized spacial score (nSPS) is 14.3. The van der Waals surface area contributed by atoms with Gasteiger partial charge in [0.05, 0.1) is 18.8 Å². The topological polar surface area (TPSA) is 71.1 Å². The van der Waals surface area contributed by atoms with Crippen LogP contribution in [-0.2, 0) is 4.74 Å². The van der Waals surface area contributed by atoms with E-state index in [9.17, 15) is 4.79 Å². The number of carbonyl (C=O) groups excluding carboxylic acids is 1. The number of benzene rings is 1. The summed E-state index contributed by atoms with van der Waals surface area (Å²) >= 11 is 0. The number of morpholine rings is 1. The van der Waals surface area contributed by atoms with Gasteiger partial charge >= 0.3 is 0 Å². The molecule has 0 spiro atoms. The molecule has 29 heavy (non-hydrogen) atoms. The van der Waals surface area contributed by atoms with Gasteiger partial charge in [-0.25, -0.2) is 4.98 Å². The number of aromatic nitrogens is 3.